The number of likely N-dealkylation sites (tertiary alicyclic amines) is 1. The summed E-state index contributed by atoms with van der Waals surface area (Å²) in [6, 6.07) is 0.631. The lowest BCUT2D eigenvalue weighted by atomic mass is 9.98. The molecule has 0 saturated carbocycles. The van der Waals surface area contributed by atoms with E-state index in [2.05, 4.69) is 12.2 Å². The van der Waals surface area contributed by atoms with Gasteiger partial charge in [0.15, 0.2) is 0 Å². The van der Waals surface area contributed by atoms with Crippen LogP contribution in [-0.4, -0.2) is 67.3 Å². The first kappa shape index (κ1) is 17.2. The normalized spacial score (nSPS) is 18.1. The summed E-state index contributed by atoms with van der Waals surface area (Å²) in [4.78, 5) is 15.4. The molecule has 5 nitrogen and oxygen atoms in total. The van der Waals surface area contributed by atoms with Gasteiger partial charge in [-0.1, -0.05) is 13.3 Å². The Kier molecular flexibility index (Phi) is 7.92. The van der Waals surface area contributed by atoms with Crippen LogP contribution < -0.4 is 5.32 Å². The molecule has 20 heavy (non-hydrogen) atoms. The summed E-state index contributed by atoms with van der Waals surface area (Å²) in [6.45, 7) is 5.14. The molecular formula is C15H31N3O2. The van der Waals surface area contributed by atoms with Crippen molar-refractivity contribution in [2.45, 2.75) is 45.1 Å². The molecule has 0 aromatic heterocycles. The number of rotatable bonds is 7. The number of carbonyl (C=O) groups excluding carboxylic acids is 1. The second-order valence-corrected chi connectivity index (χ2v) is 6.01. The standard InChI is InChI=1S/C15H31N3O2/c1-4-5-13(8-11-19)12-16-14-6-9-18(10-7-14)15(20)17(2)3/h13-14,16,19H,4-12H2,1-3H3. The number of hydrogen-bond donors (Lipinski definition) is 2. The summed E-state index contributed by atoms with van der Waals surface area (Å²) >= 11 is 0. The van der Waals surface area contributed by atoms with Crippen LogP contribution in [0.3, 0.4) is 0 Å². The Labute approximate surface area is 123 Å². The van der Waals surface area contributed by atoms with E-state index in [4.69, 9.17) is 5.11 Å². The van der Waals surface area contributed by atoms with Crippen LogP contribution in [0.4, 0.5) is 4.79 Å². The molecular weight excluding hydrogens is 254 g/mol. The summed E-state index contributed by atoms with van der Waals surface area (Å²) in [5.41, 5.74) is 0. The van der Waals surface area contributed by atoms with Crippen molar-refractivity contribution in [3.05, 3.63) is 0 Å². The van der Waals surface area contributed by atoms with Crippen LogP contribution in [-0.2, 0) is 0 Å². The van der Waals surface area contributed by atoms with Crippen molar-refractivity contribution >= 4 is 6.03 Å². The zero-order valence-corrected chi connectivity index (χ0v) is 13.3. The van der Waals surface area contributed by atoms with Gasteiger partial charge in [-0.3, -0.25) is 0 Å². The number of nitrogens with one attached hydrogen (secondary N) is 1. The van der Waals surface area contributed by atoms with Crippen LogP contribution >= 0.6 is 0 Å². The largest absolute Gasteiger partial charge is 0.396 e. The lowest BCUT2D eigenvalue weighted by molar-refractivity contribution is 0.151. The van der Waals surface area contributed by atoms with Crippen molar-refractivity contribution in [2.24, 2.45) is 5.92 Å². The third kappa shape index (κ3) is 5.67. The Morgan fingerprint density at radius 1 is 1.35 bits per heavy atom. The molecule has 1 heterocycles. The van der Waals surface area contributed by atoms with Gasteiger partial charge >= 0.3 is 6.03 Å². The molecule has 0 aliphatic carbocycles. The van der Waals surface area contributed by atoms with Crippen molar-refractivity contribution in [1.82, 2.24) is 15.1 Å². The van der Waals surface area contributed by atoms with Gasteiger partial charge in [0.25, 0.3) is 0 Å². The van der Waals surface area contributed by atoms with Crippen molar-refractivity contribution in [1.29, 1.82) is 0 Å². The smallest absolute Gasteiger partial charge is 0.319 e. The van der Waals surface area contributed by atoms with E-state index in [9.17, 15) is 4.79 Å². The first-order valence-corrected chi connectivity index (χ1v) is 7.89. The maximum atomic E-state index is 11.8. The number of nitrogens with zero attached hydrogens (tertiary/aromatic N) is 2. The van der Waals surface area contributed by atoms with Gasteiger partial charge in [0, 0.05) is 39.8 Å². The average Bonchev–Trinajstić information content (AvgIpc) is 2.45. The summed E-state index contributed by atoms with van der Waals surface area (Å²) in [6.07, 6.45) is 5.28. The molecule has 0 spiro atoms. The fourth-order valence-electron chi connectivity index (χ4n) is 2.83. The summed E-state index contributed by atoms with van der Waals surface area (Å²) in [7, 11) is 3.60. The number of urea groups is 1. The molecule has 1 atom stereocenters. The first-order chi connectivity index (χ1) is 9.58. The number of aliphatic hydroxyl groups excluding tert-OH is 1. The third-order valence-corrected chi connectivity index (χ3v) is 4.08. The van der Waals surface area contributed by atoms with Crippen LogP contribution in [0.1, 0.15) is 39.0 Å². The second kappa shape index (κ2) is 9.19. The average molecular weight is 285 g/mol. The highest BCUT2D eigenvalue weighted by Gasteiger charge is 2.23. The molecule has 2 amide bonds. The van der Waals surface area contributed by atoms with E-state index in [1.165, 1.54) is 12.8 Å². The van der Waals surface area contributed by atoms with E-state index in [0.717, 1.165) is 38.9 Å². The van der Waals surface area contributed by atoms with Crippen LogP contribution in [0.15, 0.2) is 0 Å². The van der Waals surface area contributed by atoms with Gasteiger partial charge in [-0.2, -0.15) is 0 Å². The van der Waals surface area contributed by atoms with E-state index >= 15 is 0 Å². The predicted molar refractivity (Wildman–Crippen MR) is 81.8 cm³/mol. The number of carbonyl (C=O) groups is 1. The zero-order chi connectivity index (χ0) is 15.0. The molecule has 1 rings (SSSR count). The van der Waals surface area contributed by atoms with Crippen molar-refractivity contribution in [2.75, 3.05) is 40.3 Å². The monoisotopic (exact) mass is 285 g/mol. The highest BCUT2D eigenvalue weighted by atomic mass is 16.3. The molecule has 0 aromatic carbocycles. The van der Waals surface area contributed by atoms with Gasteiger partial charge in [0.1, 0.15) is 0 Å². The number of piperidine rings is 1. The van der Waals surface area contributed by atoms with Gasteiger partial charge in [-0.15, -0.1) is 0 Å². The fourth-order valence-corrected chi connectivity index (χ4v) is 2.83. The highest BCUT2D eigenvalue weighted by Crippen LogP contribution is 2.14. The van der Waals surface area contributed by atoms with Gasteiger partial charge < -0.3 is 20.2 Å². The summed E-state index contributed by atoms with van der Waals surface area (Å²) in [5.74, 6) is 0.575. The molecule has 1 aliphatic rings. The minimum Gasteiger partial charge on any atom is -0.396 e. The molecule has 1 saturated heterocycles. The van der Waals surface area contributed by atoms with Gasteiger partial charge in [0.05, 0.1) is 0 Å². The predicted octanol–water partition coefficient (Wildman–Crippen LogP) is 1.52. The topological polar surface area (TPSA) is 55.8 Å². The van der Waals surface area contributed by atoms with Crippen LogP contribution in [0.5, 0.6) is 0 Å². The third-order valence-electron chi connectivity index (χ3n) is 4.08. The van der Waals surface area contributed by atoms with E-state index in [1.54, 1.807) is 19.0 Å². The second-order valence-electron chi connectivity index (χ2n) is 6.01. The Bertz CT molecular complexity index is 270. The molecule has 0 bridgehead atoms. The molecule has 1 aliphatic heterocycles. The summed E-state index contributed by atoms with van der Waals surface area (Å²) in [5, 5.41) is 12.7. The Morgan fingerprint density at radius 2 is 2.00 bits per heavy atom. The van der Waals surface area contributed by atoms with E-state index in [-0.39, 0.29) is 12.6 Å². The maximum absolute atomic E-state index is 11.8. The van der Waals surface area contributed by atoms with Crippen LogP contribution in [0.2, 0.25) is 0 Å². The number of amides is 2. The Balaban J connectivity index is 2.26. The van der Waals surface area contributed by atoms with Crippen LogP contribution in [0.25, 0.3) is 0 Å². The quantitative estimate of drug-likeness (QED) is 0.746. The molecule has 1 fully saturated rings. The van der Waals surface area contributed by atoms with Crippen LogP contribution in [0, 0.1) is 5.92 Å². The van der Waals surface area contributed by atoms with E-state index in [1.807, 2.05) is 4.90 Å². The lowest BCUT2D eigenvalue weighted by Crippen LogP contribution is -2.48. The molecule has 5 heteroatoms. The summed E-state index contributed by atoms with van der Waals surface area (Å²) < 4.78 is 0. The number of hydrogen-bond acceptors (Lipinski definition) is 3. The SMILES string of the molecule is CCCC(CCO)CNC1CCN(C(=O)N(C)C)CC1. The minimum absolute atomic E-state index is 0.118. The minimum atomic E-state index is 0.118. The first-order valence-electron chi connectivity index (χ1n) is 7.89. The maximum Gasteiger partial charge on any atom is 0.319 e. The molecule has 118 valence electrons. The van der Waals surface area contributed by atoms with Crippen molar-refractivity contribution in [3.8, 4) is 0 Å². The van der Waals surface area contributed by atoms with Crippen molar-refractivity contribution in [3.63, 3.8) is 0 Å². The lowest BCUT2D eigenvalue weighted by Gasteiger charge is -2.34. The number of aliphatic hydroxyl groups is 1. The van der Waals surface area contributed by atoms with E-state index in [0.29, 0.717) is 12.0 Å². The molecule has 0 aromatic rings. The highest BCUT2D eigenvalue weighted by molar-refractivity contribution is 5.73. The van der Waals surface area contributed by atoms with Gasteiger partial charge in [-0.05, 0) is 38.1 Å². The van der Waals surface area contributed by atoms with Gasteiger partial charge in [0.2, 0.25) is 0 Å². The fraction of sp³-hybridized carbons (Fsp3) is 0.933. The Morgan fingerprint density at radius 3 is 2.50 bits per heavy atom. The van der Waals surface area contributed by atoms with E-state index < -0.39 is 0 Å². The van der Waals surface area contributed by atoms with Crippen molar-refractivity contribution < 1.29 is 9.90 Å². The molecule has 0 radical (unpaired) electrons. The molecule has 1 unspecified atom stereocenters. The molecule has 2 N–H and O–H groups in total. The Hall–Kier alpha value is -0.810. The van der Waals surface area contributed by atoms with Gasteiger partial charge in [-0.25, -0.2) is 4.79 Å². The zero-order valence-electron chi connectivity index (χ0n) is 13.3.